The van der Waals surface area contributed by atoms with Crippen LogP contribution in [0.2, 0.25) is 0 Å². The number of nitrogens with one attached hydrogen (secondary N) is 2. The smallest absolute Gasteiger partial charge is 0.257 e. The summed E-state index contributed by atoms with van der Waals surface area (Å²) >= 11 is 0. The van der Waals surface area contributed by atoms with Gasteiger partial charge in [-0.25, -0.2) is 9.37 Å². The summed E-state index contributed by atoms with van der Waals surface area (Å²) in [6.45, 7) is 12.7. The van der Waals surface area contributed by atoms with E-state index in [1.807, 2.05) is 25.1 Å². The zero-order valence-electron chi connectivity index (χ0n) is 22.2. The van der Waals surface area contributed by atoms with Crippen LogP contribution in [0, 0.1) is 11.7 Å². The van der Waals surface area contributed by atoms with Gasteiger partial charge < -0.3 is 10.6 Å². The van der Waals surface area contributed by atoms with Gasteiger partial charge in [0.15, 0.2) is 0 Å². The summed E-state index contributed by atoms with van der Waals surface area (Å²) in [7, 11) is 0. The number of pyridine rings is 1. The molecule has 1 aromatic carbocycles. The number of carbonyl (C=O) groups is 1. The number of halogens is 1. The number of rotatable bonds is 8. The Labute approximate surface area is 213 Å². The van der Waals surface area contributed by atoms with Crippen molar-refractivity contribution in [2.75, 3.05) is 10.6 Å². The SMILES string of the molecule is CC/C=c1/ncc(NC(C)c2cccc(NC(=O)c3cncc(F)c3)c2)n/c1=C\CC(C)C.CCC. The summed E-state index contributed by atoms with van der Waals surface area (Å²) in [6.07, 6.45) is 11.4. The molecule has 0 bridgehead atoms. The Balaban J connectivity index is 0.00000145. The molecule has 1 unspecified atom stereocenters. The molecule has 0 aliphatic rings. The Bertz CT molecular complexity index is 1240. The van der Waals surface area contributed by atoms with E-state index in [0.717, 1.165) is 41.4 Å². The van der Waals surface area contributed by atoms with Crippen molar-refractivity contribution in [1.29, 1.82) is 0 Å². The van der Waals surface area contributed by atoms with Crippen LogP contribution >= 0.6 is 0 Å². The van der Waals surface area contributed by atoms with E-state index < -0.39 is 11.7 Å². The third-order valence-electron chi connectivity index (χ3n) is 4.99. The molecule has 0 radical (unpaired) electrons. The average Bonchev–Trinajstić information content (AvgIpc) is 2.84. The number of hydrogen-bond donors (Lipinski definition) is 2. The minimum Gasteiger partial charge on any atom is -0.362 e. The Hall–Kier alpha value is -3.61. The number of nitrogens with zero attached hydrogens (tertiary/aromatic N) is 3. The standard InChI is InChI=1S/C26H30FN5O.C3H8/c1-5-7-23-24(11-10-17(2)3)32-25(16-29-23)30-18(4)19-8-6-9-22(13-19)31-26(33)20-12-21(27)15-28-14-20;1-3-2/h6-9,11-18H,5,10H2,1-4H3,(H,30,32)(H,31,33);3H2,1-2H3/b23-7+,24-11-;. The number of hydrogen-bond acceptors (Lipinski definition) is 5. The Morgan fingerprint density at radius 1 is 1.03 bits per heavy atom. The Kier molecular flexibility index (Phi) is 11.7. The van der Waals surface area contributed by atoms with Crippen LogP contribution in [-0.2, 0) is 0 Å². The molecule has 6 nitrogen and oxygen atoms in total. The maximum atomic E-state index is 13.4. The number of anilines is 2. The number of benzene rings is 1. The van der Waals surface area contributed by atoms with Gasteiger partial charge in [-0.1, -0.05) is 65.3 Å². The number of carbonyl (C=O) groups excluding carboxylic acids is 1. The summed E-state index contributed by atoms with van der Waals surface area (Å²) < 4.78 is 13.4. The molecule has 0 fully saturated rings. The second-order valence-electron chi connectivity index (χ2n) is 9.02. The third-order valence-corrected chi connectivity index (χ3v) is 4.99. The fourth-order valence-electron chi connectivity index (χ4n) is 3.26. The fraction of sp³-hybridized carbons (Fsp3) is 0.379. The van der Waals surface area contributed by atoms with E-state index in [4.69, 9.17) is 4.98 Å². The monoisotopic (exact) mass is 491 g/mol. The first kappa shape index (κ1) is 28.6. The van der Waals surface area contributed by atoms with E-state index in [1.54, 1.807) is 12.3 Å². The predicted octanol–water partition coefficient (Wildman–Crippen LogP) is 5.87. The summed E-state index contributed by atoms with van der Waals surface area (Å²) in [5.41, 5.74) is 1.74. The van der Waals surface area contributed by atoms with Gasteiger partial charge in [0.05, 0.1) is 34.7 Å². The lowest BCUT2D eigenvalue weighted by Gasteiger charge is -2.16. The van der Waals surface area contributed by atoms with Gasteiger partial charge >= 0.3 is 0 Å². The molecule has 2 N–H and O–H groups in total. The van der Waals surface area contributed by atoms with Gasteiger partial charge in [0.2, 0.25) is 0 Å². The molecule has 7 heteroatoms. The molecule has 0 saturated heterocycles. The summed E-state index contributed by atoms with van der Waals surface area (Å²) in [4.78, 5) is 25.5. The molecule has 0 aliphatic carbocycles. The molecule has 2 heterocycles. The van der Waals surface area contributed by atoms with Crippen LogP contribution in [0.15, 0.2) is 48.9 Å². The van der Waals surface area contributed by atoms with E-state index in [9.17, 15) is 9.18 Å². The highest BCUT2D eigenvalue weighted by Crippen LogP contribution is 2.21. The number of amides is 1. The second kappa shape index (κ2) is 14.7. The van der Waals surface area contributed by atoms with E-state index in [1.165, 1.54) is 12.6 Å². The summed E-state index contributed by atoms with van der Waals surface area (Å²) in [6, 6.07) is 8.57. The zero-order valence-corrected chi connectivity index (χ0v) is 22.2. The van der Waals surface area contributed by atoms with Crippen molar-refractivity contribution < 1.29 is 9.18 Å². The maximum absolute atomic E-state index is 13.4. The maximum Gasteiger partial charge on any atom is 0.257 e. The largest absolute Gasteiger partial charge is 0.362 e. The highest BCUT2D eigenvalue weighted by Gasteiger charge is 2.11. The Morgan fingerprint density at radius 3 is 2.44 bits per heavy atom. The van der Waals surface area contributed by atoms with Crippen molar-refractivity contribution in [1.82, 2.24) is 15.0 Å². The van der Waals surface area contributed by atoms with Crippen molar-refractivity contribution in [2.24, 2.45) is 5.92 Å². The van der Waals surface area contributed by atoms with E-state index >= 15 is 0 Å². The lowest BCUT2D eigenvalue weighted by atomic mass is 10.1. The van der Waals surface area contributed by atoms with Crippen LogP contribution in [0.3, 0.4) is 0 Å². The minimum atomic E-state index is -0.553. The molecule has 3 rings (SSSR count). The summed E-state index contributed by atoms with van der Waals surface area (Å²) in [5.74, 6) is 0.255. The number of aromatic nitrogens is 3. The average molecular weight is 492 g/mol. The van der Waals surface area contributed by atoms with Gasteiger partial charge in [-0.05, 0) is 49.4 Å². The van der Waals surface area contributed by atoms with Crippen LogP contribution in [0.5, 0.6) is 0 Å². The highest BCUT2D eigenvalue weighted by molar-refractivity contribution is 6.04. The molecule has 192 valence electrons. The lowest BCUT2D eigenvalue weighted by Crippen LogP contribution is -2.32. The van der Waals surface area contributed by atoms with Gasteiger partial charge in [-0.2, -0.15) is 0 Å². The summed E-state index contributed by atoms with van der Waals surface area (Å²) in [5, 5.41) is 7.97. The lowest BCUT2D eigenvalue weighted by molar-refractivity contribution is 0.102. The van der Waals surface area contributed by atoms with Gasteiger partial charge in [0.1, 0.15) is 11.6 Å². The van der Waals surface area contributed by atoms with E-state index in [2.05, 4.69) is 67.4 Å². The third kappa shape index (κ3) is 9.21. The molecular weight excluding hydrogens is 453 g/mol. The first-order chi connectivity index (χ1) is 17.3. The van der Waals surface area contributed by atoms with Crippen LogP contribution < -0.4 is 21.3 Å². The minimum absolute atomic E-state index is 0.0778. The molecule has 0 spiro atoms. The molecular formula is C29H38FN5O. The van der Waals surface area contributed by atoms with Crippen molar-refractivity contribution in [3.05, 3.63) is 76.6 Å². The van der Waals surface area contributed by atoms with Gasteiger partial charge in [-0.15, -0.1) is 0 Å². The van der Waals surface area contributed by atoms with E-state index in [0.29, 0.717) is 17.4 Å². The van der Waals surface area contributed by atoms with Crippen molar-refractivity contribution >= 4 is 29.6 Å². The van der Waals surface area contributed by atoms with E-state index in [-0.39, 0.29) is 11.6 Å². The van der Waals surface area contributed by atoms with Crippen LogP contribution in [-0.4, -0.2) is 20.9 Å². The fourth-order valence-corrected chi connectivity index (χ4v) is 3.26. The van der Waals surface area contributed by atoms with Crippen molar-refractivity contribution in [2.45, 2.75) is 66.8 Å². The van der Waals surface area contributed by atoms with Crippen LogP contribution in [0.25, 0.3) is 12.2 Å². The second-order valence-corrected chi connectivity index (χ2v) is 9.02. The van der Waals surface area contributed by atoms with Crippen molar-refractivity contribution in [3.63, 3.8) is 0 Å². The molecule has 2 aromatic heterocycles. The van der Waals surface area contributed by atoms with Gasteiger partial charge in [-0.3, -0.25) is 14.8 Å². The normalized spacial score (nSPS) is 12.7. The van der Waals surface area contributed by atoms with Crippen LogP contribution in [0.1, 0.15) is 82.8 Å². The Morgan fingerprint density at radius 2 is 1.78 bits per heavy atom. The molecule has 0 aliphatic heterocycles. The molecule has 36 heavy (non-hydrogen) atoms. The van der Waals surface area contributed by atoms with Crippen LogP contribution in [0.4, 0.5) is 15.9 Å². The predicted molar refractivity (Wildman–Crippen MR) is 147 cm³/mol. The molecule has 3 aromatic rings. The first-order valence-corrected chi connectivity index (χ1v) is 12.6. The molecule has 0 saturated carbocycles. The molecule has 1 atom stereocenters. The van der Waals surface area contributed by atoms with Crippen molar-refractivity contribution in [3.8, 4) is 0 Å². The first-order valence-electron chi connectivity index (χ1n) is 12.6. The highest BCUT2D eigenvalue weighted by atomic mass is 19.1. The molecule has 1 amide bonds. The van der Waals surface area contributed by atoms with Gasteiger partial charge in [0.25, 0.3) is 5.91 Å². The quantitative estimate of drug-likeness (QED) is 0.412. The topological polar surface area (TPSA) is 79.8 Å². The van der Waals surface area contributed by atoms with Gasteiger partial charge in [0, 0.05) is 11.9 Å². The zero-order chi connectivity index (χ0) is 26.5.